The smallest absolute Gasteiger partial charge is 0.253 e. The predicted molar refractivity (Wildman–Crippen MR) is 98.6 cm³/mol. The predicted octanol–water partition coefficient (Wildman–Crippen LogP) is 2.93. The Morgan fingerprint density at radius 2 is 1.84 bits per heavy atom. The van der Waals surface area contributed by atoms with Gasteiger partial charge in [0.15, 0.2) is 0 Å². The Bertz CT molecular complexity index is 701. The standard InChI is InChI=1S/C20H25N3O2/c1-3-4-11-22-19(24)17-6-5-7-18(15-17)20(25)23(2)14-10-16-8-12-21-13-9-16/h5-9,12-13,15H,3-4,10-11,14H2,1-2H3,(H,22,24). The number of amides is 2. The molecule has 1 aromatic heterocycles. The lowest BCUT2D eigenvalue weighted by Gasteiger charge is -2.17. The van der Waals surface area contributed by atoms with Gasteiger partial charge >= 0.3 is 0 Å². The van der Waals surface area contributed by atoms with Crippen molar-refractivity contribution in [3.8, 4) is 0 Å². The minimum absolute atomic E-state index is 0.0859. The van der Waals surface area contributed by atoms with E-state index in [-0.39, 0.29) is 11.8 Å². The van der Waals surface area contributed by atoms with Crippen LogP contribution in [0.15, 0.2) is 48.8 Å². The van der Waals surface area contributed by atoms with Crippen molar-refractivity contribution in [2.45, 2.75) is 26.2 Å². The van der Waals surface area contributed by atoms with Crippen LogP contribution in [-0.4, -0.2) is 41.8 Å². The maximum Gasteiger partial charge on any atom is 0.253 e. The Balaban J connectivity index is 1.96. The molecule has 0 spiro atoms. The summed E-state index contributed by atoms with van der Waals surface area (Å²) >= 11 is 0. The fourth-order valence-corrected chi connectivity index (χ4v) is 2.44. The molecule has 0 aliphatic carbocycles. The number of carbonyl (C=O) groups is 2. The molecule has 5 heteroatoms. The summed E-state index contributed by atoms with van der Waals surface area (Å²) in [6.07, 6.45) is 6.24. The van der Waals surface area contributed by atoms with Crippen LogP contribution >= 0.6 is 0 Å². The first-order valence-electron chi connectivity index (χ1n) is 8.64. The number of aromatic nitrogens is 1. The fraction of sp³-hybridized carbons (Fsp3) is 0.350. The first-order chi connectivity index (χ1) is 12.1. The number of benzene rings is 1. The Kier molecular flexibility index (Phi) is 7.14. The van der Waals surface area contributed by atoms with E-state index in [9.17, 15) is 9.59 Å². The molecule has 0 unspecified atom stereocenters. The molecule has 1 N–H and O–H groups in total. The van der Waals surface area contributed by atoms with Gasteiger partial charge in [-0.25, -0.2) is 0 Å². The number of hydrogen-bond acceptors (Lipinski definition) is 3. The van der Waals surface area contributed by atoms with Gasteiger partial charge in [-0.2, -0.15) is 0 Å². The minimum Gasteiger partial charge on any atom is -0.352 e. The molecule has 2 amide bonds. The van der Waals surface area contributed by atoms with Gasteiger partial charge in [0.2, 0.25) is 0 Å². The maximum absolute atomic E-state index is 12.6. The Hall–Kier alpha value is -2.69. The number of unbranched alkanes of at least 4 members (excludes halogenated alkanes) is 1. The van der Waals surface area contributed by atoms with Crippen LogP contribution in [0.4, 0.5) is 0 Å². The SMILES string of the molecule is CCCCNC(=O)c1cccc(C(=O)N(C)CCc2ccncc2)c1. The van der Waals surface area contributed by atoms with Crippen molar-refractivity contribution >= 4 is 11.8 Å². The second kappa shape index (κ2) is 9.57. The van der Waals surface area contributed by atoms with Gasteiger partial charge < -0.3 is 10.2 Å². The van der Waals surface area contributed by atoms with Gasteiger partial charge in [0, 0.05) is 43.7 Å². The number of nitrogens with zero attached hydrogens (tertiary/aromatic N) is 2. The van der Waals surface area contributed by atoms with Crippen LogP contribution in [0.5, 0.6) is 0 Å². The molecular weight excluding hydrogens is 314 g/mol. The molecule has 0 fully saturated rings. The largest absolute Gasteiger partial charge is 0.352 e. The van der Waals surface area contributed by atoms with Crippen molar-refractivity contribution in [1.29, 1.82) is 0 Å². The molecule has 0 radical (unpaired) electrons. The highest BCUT2D eigenvalue weighted by Gasteiger charge is 2.14. The first kappa shape index (κ1) is 18.6. The molecule has 0 bridgehead atoms. The number of carbonyl (C=O) groups excluding carboxylic acids is 2. The van der Waals surface area contributed by atoms with Crippen LogP contribution in [0.25, 0.3) is 0 Å². The summed E-state index contributed by atoms with van der Waals surface area (Å²) in [4.78, 5) is 30.4. The highest BCUT2D eigenvalue weighted by Crippen LogP contribution is 2.09. The van der Waals surface area contributed by atoms with E-state index in [4.69, 9.17) is 0 Å². The van der Waals surface area contributed by atoms with Crippen molar-refractivity contribution in [3.63, 3.8) is 0 Å². The summed E-state index contributed by atoms with van der Waals surface area (Å²) in [5.74, 6) is -0.222. The number of rotatable bonds is 8. The van der Waals surface area contributed by atoms with E-state index in [1.165, 1.54) is 0 Å². The van der Waals surface area contributed by atoms with E-state index in [1.54, 1.807) is 48.6 Å². The van der Waals surface area contributed by atoms with Gasteiger partial charge in [0.1, 0.15) is 0 Å². The average Bonchev–Trinajstić information content (AvgIpc) is 2.66. The van der Waals surface area contributed by atoms with E-state index in [0.29, 0.717) is 24.2 Å². The Labute approximate surface area is 149 Å². The molecule has 0 saturated carbocycles. The van der Waals surface area contributed by atoms with Crippen LogP contribution < -0.4 is 5.32 Å². The molecule has 25 heavy (non-hydrogen) atoms. The van der Waals surface area contributed by atoms with E-state index in [2.05, 4.69) is 17.2 Å². The number of nitrogens with one attached hydrogen (secondary N) is 1. The van der Waals surface area contributed by atoms with Crippen LogP contribution in [-0.2, 0) is 6.42 Å². The topological polar surface area (TPSA) is 62.3 Å². The molecule has 0 atom stereocenters. The third-order valence-corrected chi connectivity index (χ3v) is 4.02. The fourth-order valence-electron chi connectivity index (χ4n) is 2.44. The quantitative estimate of drug-likeness (QED) is 0.752. The summed E-state index contributed by atoms with van der Waals surface area (Å²) in [5.41, 5.74) is 2.18. The molecule has 0 aliphatic heterocycles. The normalized spacial score (nSPS) is 10.3. The lowest BCUT2D eigenvalue weighted by atomic mass is 10.1. The molecule has 2 rings (SSSR count). The lowest BCUT2D eigenvalue weighted by Crippen LogP contribution is -2.29. The summed E-state index contributed by atoms with van der Waals surface area (Å²) in [6, 6.07) is 10.8. The number of hydrogen-bond donors (Lipinski definition) is 1. The summed E-state index contributed by atoms with van der Waals surface area (Å²) in [7, 11) is 1.78. The van der Waals surface area contributed by atoms with Gasteiger partial charge in [-0.1, -0.05) is 19.4 Å². The number of pyridine rings is 1. The van der Waals surface area contributed by atoms with E-state index in [1.807, 2.05) is 12.1 Å². The molecule has 1 heterocycles. The molecule has 1 aromatic carbocycles. The zero-order valence-corrected chi connectivity index (χ0v) is 14.9. The zero-order chi connectivity index (χ0) is 18.1. The van der Waals surface area contributed by atoms with Crippen molar-refractivity contribution in [1.82, 2.24) is 15.2 Å². The molecule has 2 aromatic rings. The average molecular weight is 339 g/mol. The number of likely N-dealkylation sites (N-methyl/N-ethyl adjacent to an activating group) is 1. The van der Waals surface area contributed by atoms with Crippen molar-refractivity contribution < 1.29 is 9.59 Å². The Morgan fingerprint density at radius 1 is 1.12 bits per heavy atom. The third-order valence-electron chi connectivity index (χ3n) is 4.02. The van der Waals surface area contributed by atoms with Crippen LogP contribution in [0.1, 0.15) is 46.0 Å². The highest BCUT2D eigenvalue weighted by atomic mass is 16.2. The maximum atomic E-state index is 12.6. The van der Waals surface area contributed by atoms with E-state index in [0.717, 1.165) is 24.8 Å². The van der Waals surface area contributed by atoms with Gasteiger partial charge in [-0.15, -0.1) is 0 Å². The van der Waals surface area contributed by atoms with Gasteiger partial charge in [-0.05, 0) is 48.7 Å². The minimum atomic E-state index is -0.137. The van der Waals surface area contributed by atoms with Gasteiger partial charge in [0.05, 0.1) is 0 Å². The lowest BCUT2D eigenvalue weighted by molar-refractivity contribution is 0.0796. The monoisotopic (exact) mass is 339 g/mol. The second-order valence-electron chi connectivity index (χ2n) is 6.02. The molecule has 132 valence electrons. The summed E-state index contributed by atoms with van der Waals surface area (Å²) in [5, 5.41) is 2.87. The molecule has 0 aliphatic rings. The van der Waals surface area contributed by atoms with Gasteiger partial charge in [-0.3, -0.25) is 14.6 Å². The zero-order valence-electron chi connectivity index (χ0n) is 14.9. The van der Waals surface area contributed by atoms with E-state index >= 15 is 0 Å². The van der Waals surface area contributed by atoms with Crippen molar-refractivity contribution in [2.75, 3.05) is 20.1 Å². The van der Waals surface area contributed by atoms with Crippen molar-refractivity contribution in [3.05, 3.63) is 65.5 Å². The molecule has 0 saturated heterocycles. The van der Waals surface area contributed by atoms with E-state index < -0.39 is 0 Å². The second-order valence-corrected chi connectivity index (χ2v) is 6.02. The van der Waals surface area contributed by atoms with Crippen LogP contribution in [0, 0.1) is 0 Å². The first-order valence-corrected chi connectivity index (χ1v) is 8.64. The highest BCUT2D eigenvalue weighted by molar-refractivity contribution is 5.99. The van der Waals surface area contributed by atoms with Crippen molar-refractivity contribution in [2.24, 2.45) is 0 Å². The van der Waals surface area contributed by atoms with Gasteiger partial charge in [0.25, 0.3) is 11.8 Å². The molecular formula is C20H25N3O2. The van der Waals surface area contributed by atoms with Crippen LogP contribution in [0.2, 0.25) is 0 Å². The van der Waals surface area contributed by atoms with Crippen LogP contribution in [0.3, 0.4) is 0 Å². The Morgan fingerprint density at radius 3 is 2.56 bits per heavy atom. The summed E-state index contributed by atoms with van der Waals surface area (Å²) in [6.45, 7) is 3.34. The summed E-state index contributed by atoms with van der Waals surface area (Å²) < 4.78 is 0. The molecule has 5 nitrogen and oxygen atoms in total. The third kappa shape index (κ3) is 5.71.